The lowest BCUT2D eigenvalue weighted by atomic mass is 9.97. The number of nitrogens with one attached hydrogen (secondary N) is 2. The van der Waals surface area contributed by atoms with Crippen LogP contribution >= 0.6 is 0 Å². The molecular weight excluding hydrogens is 260 g/mol. The zero-order valence-electron chi connectivity index (χ0n) is 12.2. The van der Waals surface area contributed by atoms with Gasteiger partial charge in [-0.3, -0.25) is 4.79 Å². The van der Waals surface area contributed by atoms with Crippen LogP contribution in [0.1, 0.15) is 6.92 Å². The van der Waals surface area contributed by atoms with Crippen LogP contribution in [0.4, 0.5) is 5.69 Å². The summed E-state index contributed by atoms with van der Waals surface area (Å²) in [7, 11) is 0. The fraction of sp³-hybridized carbons (Fsp3) is 0.278. The Bertz CT molecular complexity index is 607. The van der Waals surface area contributed by atoms with Crippen LogP contribution < -0.4 is 10.6 Å². The molecule has 2 aromatic carbocycles. The molecule has 1 amide bonds. The van der Waals surface area contributed by atoms with Crippen LogP contribution in [0.15, 0.2) is 54.6 Å². The Labute approximate surface area is 125 Å². The van der Waals surface area contributed by atoms with E-state index < -0.39 is 0 Å². The van der Waals surface area contributed by atoms with Gasteiger partial charge >= 0.3 is 0 Å². The number of hydrogen-bond acceptors (Lipinski definition) is 2. The van der Waals surface area contributed by atoms with Gasteiger partial charge < -0.3 is 10.6 Å². The van der Waals surface area contributed by atoms with E-state index in [9.17, 15) is 4.79 Å². The zero-order valence-corrected chi connectivity index (χ0v) is 12.2. The summed E-state index contributed by atoms with van der Waals surface area (Å²) < 4.78 is 0. The van der Waals surface area contributed by atoms with E-state index in [4.69, 9.17) is 0 Å². The summed E-state index contributed by atoms with van der Waals surface area (Å²) in [5, 5.41) is 6.27. The lowest BCUT2D eigenvalue weighted by Crippen LogP contribution is -2.27. The number of rotatable bonds is 3. The maximum absolute atomic E-state index is 12.2. The molecule has 108 valence electrons. The maximum atomic E-state index is 12.2. The van der Waals surface area contributed by atoms with Gasteiger partial charge in [-0.2, -0.15) is 0 Å². The summed E-state index contributed by atoms with van der Waals surface area (Å²) in [6, 6.07) is 18.2. The first-order valence-electron chi connectivity index (χ1n) is 7.41. The fourth-order valence-corrected chi connectivity index (χ4v) is 2.77. The molecule has 0 aromatic heterocycles. The van der Waals surface area contributed by atoms with Crippen LogP contribution in [0, 0.1) is 11.8 Å². The number of benzene rings is 2. The number of anilines is 1. The minimum atomic E-state index is 0.0683. The second-order valence-corrected chi connectivity index (χ2v) is 5.67. The molecular formula is C18H20N2O. The molecule has 3 rings (SSSR count). The molecule has 2 unspecified atom stereocenters. The van der Waals surface area contributed by atoms with Crippen molar-refractivity contribution in [3.8, 4) is 11.1 Å². The molecule has 0 spiro atoms. The third kappa shape index (κ3) is 3.14. The summed E-state index contributed by atoms with van der Waals surface area (Å²) in [6.45, 7) is 3.81. The molecule has 0 bridgehead atoms. The van der Waals surface area contributed by atoms with Crippen LogP contribution in [0.5, 0.6) is 0 Å². The van der Waals surface area contributed by atoms with E-state index >= 15 is 0 Å². The first-order chi connectivity index (χ1) is 10.2. The van der Waals surface area contributed by atoms with Crippen molar-refractivity contribution in [2.75, 3.05) is 18.4 Å². The third-order valence-corrected chi connectivity index (χ3v) is 4.11. The van der Waals surface area contributed by atoms with Crippen LogP contribution in [0.3, 0.4) is 0 Å². The Kier molecular flexibility index (Phi) is 4.02. The number of carbonyl (C=O) groups excluding carboxylic acids is 1. The Morgan fingerprint density at radius 2 is 1.67 bits per heavy atom. The molecule has 0 aliphatic carbocycles. The average molecular weight is 280 g/mol. The SMILES string of the molecule is CC1CNCC1C(=O)Nc1ccc(-c2ccccc2)cc1. The van der Waals surface area contributed by atoms with Crippen molar-refractivity contribution in [1.29, 1.82) is 0 Å². The third-order valence-electron chi connectivity index (χ3n) is 4.11. The summed E-state index contributed by atoms with van der Waals surface area (Å²) >= 11 is 0. The van der Waals surface area contributed by atoms with Gasteiger partial charge in [0.25, 0.3) is 0 Å². The fourth-order valence-electron chi connectivity index (χ4n) is 2.77. The molecule has 1 saturated heterocycles. The summed E-state index contributed by atoms with van der Waals surface area (Å²) in [6.07, 6.45) is 0. The highest BCUT2D eigenvalue weighted by molar-refractivity contribution is 5.93. The molecule has 0 saturated carbocycles. The van der Waals surface area contributed by atoms with Gasteiger partial charge in [0.15, 0.2) is 0 Å². The highest BCUT2D eigenvalue weighted by Crippen LogP contribution is 2.22. The highest BCUT2D eigenvalue weighted by atomic mass is 16.1. The van der Waals surface area contributed by atoms with Gasteiger partial charge in [0.2, 0.25) is 5.91 Å². The van der Waals surface area contributed by atoms with Gasteiger partial charge in [0.1, 0.15) is 0 Å². The normalized spacial score (nSPS) is 21.2. The van der Waals surface area contributed by atoms with Crippen molar-refractivity contribution in [3.05, 3.63) is 54.6 Å². The van der Waals surface area contributed by atoms with Crippen molar-refractivity contribution in [2.45, 2.75) is 6.92 Å². The van der Waals surface area contributed by atoms with E-state index in [0.29, 0.717) is 5.92 Å². The Hall–Kier alpha value is -2.13. The monoisotopic (exact) mass is 280 g/mol. The van der Waals surface area contributed by atoms with Crippen molar-refractivity contribution >= 4 is 11.6 Å². The predicted octanol–water partition coefficient (Wildman–Crippen LogP) is 3.15. The van der Waals surface area contributed by atoms with Gasteiger partial charge in [0.05, 0.1) is 5.92 Å². The van der Waals surface area contributed by atoms with Gasteiger partial charge in [-0.05, 0) is 35.7 Å². The van der Waals surface area contributed by atoms with E-state index in [1.807, 2.05) is 42.5 Å². The van der Waals surface area contributed by atoms with Crippen molar-refractivity contribution in [3.63, 3.8) is 0 Å². The van der Waals surface area contributed by atoms with Crippen LogP contribution in [0.2, 0.25) is 0 Å². The van der Waals surface area contributed by atoms with Crippen molar-refractivity contribution in [1.82, 2.24) is 5.32 Å². The molecule has 1 fully saturated rings. The molecule has 0 radical (unpaired) electrons. The predicted molar refractivity (Wildman–Crippen MR) is 86.0 cm³/mol. The van der Waals surface area contributed by atoms with Crippen LogP contribution in [-0.4, -0.2) is 19.0 Å². The molecule has 1 aliphatic rings. The standard InChI is InChI=1S/C18H20N2O/c1-13-11-19-12-17(13)18(21)20-16-9-7-15(8-10-16)14-5-3-2-4-6-14/h2-10,13,17,19H,11-12H2,1H3,(H,20,21). The van der Waals surface area contributed by atoms with Crippen LogP contribution in [0.25, 0.3) is 11.1 Å². The minimum absolute atomic E-state index is 0.0683. The van der Waals surface area contributed by atoms with Gasteiger partial charge in [0, 0.05) is 12.2 Å². The molecule has 1 heterocycles. The van der Waals surface area contributed by atoms with E-state index in [-0.39, 0.29) is 11.8 Å². The van der Waals surface area contributed by atoms with Crippen molar-refractivity contribution < 1.29 is 4.79 Å². The average Bonchev–Trinajstić information content (AvgIpc) is 2.95. The summed E-state index contributed by atoms with van der Waals surface area (Å²) in [5.74, 6) is 0.576. The van der Waals surface area contributed by atoms with E-state index in [1.54, 1.807) is 0 Å². The van der Waals surface area contributed by atoms with E-state index in [2.05, 4.69) is 29.7 Å². The molecule has 1 aliphatic heterocycles. The van der Waals surface area contributed by atoms with Gasteiger partial charge in [-0.15, -0.1) is 0 Å². The quantitative estimate of drug-likeness (QED) is 0.907. The van der Waals surface area contributed by atoms with Crippen LogP contribution in [-0.2, 0) is 4.79 Å². The maximum Gasteiger partial charge on any atom is 0.229 e. The smallest absolute Gasteiger partial charge is 0.229 e. The van der Waals surface area contributed by atoms with Gasteiger partial charge in [-0.1, -0.05) is 49.4 Å². The minimum Gasteiger partial charge on any atom is -0.326 e. The number of hydrogen-bond donors (Lipinski definition) is 2. The summed E-state index contributed by atoms with van der Waals surface area (Å²) in [5.41, 5.74) is 3.20. The first-order valence-corrected chi connectivity index (χ1v) is 7.41. The van der Waals surface area contributed by atoms with Gasteiger partial charge in [-0.25, -0.2) is 0 Å². The lowest BCUT2D eigenvalue weighted by Gasteiger charge is -2.14. The van der Waals surface area contributed by atoms with E-state index in [1.165, 1.54) is 5.56 Å². The Balaban J connectivity index is 1.69. The molecule has 2 atom stereocenters. The second-order valence-electron chi connectivity index (χ2n) is 5.67. The molecule has 2 aromatic rings. The Morgan fingerprint density at radius 3 is 2.29 bits per heavy atom. The number of carbonyl (C=O) groups is 1. The largest absolute Gasteiger partial charge is 0.326 e. The second kappa shape index (κ2) is 6.10. The highest BCUT2D eigenvalue weighted by Gasteiger charge is 2.29. The van der Waals surface area contributed by atoms with Crippen molar-refractivity contribution in [2.24, 2.45) is 11.8 Å². The lowest BCUT2D eigenvalue weighted by molar-refractivity contribution is -0.120. The molecule has 2 N–H and O–H groups in total. The summed E-state index contributed by atoms with van der Waals surface area (Å²) in [4.78, 5) is 12.2. The first kappa shape index (κ1) is 13.8. The topological polar surface area (TPSA) is 41.1 Å². The Morgan fingerprint density at radius 1 is 1.00 bits per heavy atom. The molecule has 3 nitrogen and oxygen atoms in total. The number of amides is 1. The molecule has 21 heavy (non-hydrogen) atoms. The zero-order chi connectivity index (χ0) is 14.7. The van der Waals surface area contributed by atoms with E-state index in [0.717, 1.165) is 24.3 Å². The molecule has 3 heteroatoms.